The number of carbonyl (C=O) groups is 2. The summed E-state index contributed by atoms with van der Waals surface area (Å²) in [6, 6.07) is 21.1. The van der Waals surface area contributed by atoms with Crippen LogP contribution in [0.5, 0.6) is 11.5 Å². The molecule has 2 aromatic heterocycles. The zero-order valence-electron chi connectivity index (χ0n) is 35.6. The van der Waals surface area contributed by atoms with E-state index >= 15 is 0 Å². The molecule has 4 aliphatic carbocycles. The van der Waals surface area contributed by atoms with Gasteiger partial charge in [0, 0.05) is 23.9 Å². The number of hydrogen-bond donors (Lipinski definition) is 1. The van der Waals surface area contributed by atoms with Gasteiger partial charge in [-0.25, -0.2) is 0 Å². The van der Waals surface area contributed by atoms with Crippen molar-refractivity contribution < 1.29 is 28.9 Å². The molecule has 2 saturated heterocycles. The molecule has 6 aliphatic rings. The van der Waals surface area contributed by atoms with Crippen molar-refractivity contribution in [3.8, 4) is 11.5 Å². The molecule has 10 rings (SSSR count). The molecule has 0 atom stereocenters. The normalized spacial score (nSPS) is 23.2. The van der Waals surface area contributed by atoms with Crippen molar-refractivity contribution in [2.45, 2.75) is 135 Å². The SMILES string of the molecule is CCOC(=O)C1CCN(Cc2ccc3cc(OC4CCC5(CC4)CC5)ccc3n2)CC1.O=C(O)C1CCN(Cc2ccc3cc(OC4CCC5(CC4)CC5)ccc3n2)CC1. The molecule has 6 fully saturated rings. The molecule has 1 N–H and O–H groups in total. The number of ether oxygens (including phenoxy) is 3. The Bertz CT molecular complexity index is 2110. The number of carboxylic acid groups (broad SMARTS) is 1. The number of fused-ring (bicyclic) bond motifs is 2. The summed E-state index contributed by atoms with van der Waals surface area (Å²) >= 11 is 0. The summed E-state index contributed by atoms with van der Waals surface area (Å²) in [6.07, 6.45) is 19.8. The predicted octanol–water partition coefficient (Wildman–Crippen LogP) is 9.74. The first-order chi connectivity index (χ1) is 29.2. The van der Waals surface area contributed by atoms with Gasteiger partial charge in [-0.3, -0.25) is 29.4 Å². The van der Waals surface area contributed by atoms with Crippen LogP contribution in [0, 0.1) is 22.7 Å². The maximum atomic E-state index is 11.9. The fourth-order valence-electron chi connectivity index (χ4n) is 10.4. The van der Waals surface area contributed by atoms with Crippen molar-refractivity contribution in [3.05, 3.63) is 72.1 Å². The van der Waals surface area contributed by atoms with E-state index in [-0.39, 0.29) is 17.8 Å². The molecule has 4 aromatic rings. The van der Waals surface area contributed by atoms with Crippen molar-refractivity contribution in [3.63, 3.8) is 0 Å². The first-order valence-electron chi connectivity index (χ1n) is 23.2. The maximum absolute atomic E-state index is 11.9. The second kappa shape index (κ2) is 18.0. The van der Waals surface area contributed by atoms with E-state index < -0.39 is 5.97 Å². The van der Waals surface area contributed by atoms with E-state index in [9.17, 15) is 9.59 Å². The fourth-order valence-corrected chi connectivity index (χ4v) is 10.4. The Morgan fingerprint density at radius 2 is 1.03 bits per heavy atom. The minimum atomic E-state index is -0.660. The van der Waals surface area contributed by atoms with E-state index in [4.69, 9.17) is 29.3 Å². The molecule has 2 aliphatic heterocycles. The molecule has 0 radical (unpaired) electrons. The summed E-state index contributed by atoms with van der Waals surface area (Å²) < 4.78 is 17.8. The van der Waals surface area contributed by atoms with Gasteiger partial charge in [0.25, 0.3) is 0 Å². The van der Waals surface area contributed by atoms with Crippen LogP contribution in [-0.4, -0.2) is 81.8 Å². The summed E-state index contributed by atoms with van der Waals surface area (Å²) in [4.78, 5) is 37.4. The quantitative estimate of drug-likeness (QED) is 0.147. The lowest BCUT2D eigenvalue weighted by atomic mass is 9.85. The number of benzene rings is 2. The van der Waals surface area contributed by atoms with Gasteiger partial charge in [0.05, 0.1) is 53.1 Å². The van der Waals surface area contributed by atoms with Crippen LogP contribution < -0.4 is 9.47 Å². The van der Waals surface area contributed by atoms with E-state index in [0.717, 1.165) is 110 Å². The smallest absolute Gasteiger partial charge is 0.309 e. The lowest BCUT2D eigenvalue weighted by Crippen LogP contribution is -2.36. The van der Waals surface area contributed by atoms with Crippen LogP contribution in [0.25, 0.3) is 21.8 Å². The summed E-state index contributed by atoms with van der Waals surface area (Å²) in [5.74, 6) is 1.10. The van der Waals surface area contributed by atoms with Crippen molar-refractivity contribution in [2.24, 2.45) is 22.7 Å². The number of likely N-dealkylation sites (tertiary alicyclic amines) is 2. The van der Waals surface area contributed by atoms with Crippen molar-refractivity contribution in [2.75, 3.05) is 32.8 Å². The van der Waals surface area contributed by atoms with Crippen LogP contribution in [0.2, 0.25) is 0 Å². The van der Waals surface area contributed by atoms with Crippen LogP contribution >= 0.6 is 0 Å². The molecular weight excluding hydrogens is 753 g/mol. The van der Waals surface area contributed by atoms with Crippen LogP contribution in [0.15, 0.2) is 60.7 Å². The molecule has 0 unspecified atom stereocenters. The number of rotatable bonds is 11. The molecular formula is C50H64N4O6. The summed E-state index contributed by atoms with van der Waals surface area (Å²) in [5.41, 5.74) is 5.55. The third-order valence-corrected chi connectivity index (χ3v) is 14.9. The molecule has 0 bridgehead atoms. The Morgan fingerprint density at radius 1 is 0.600 bits per heavy atom. The summed E-state index contributed by atoms with van der Waals surface area (Å²) in [6.45, 7) is 7.42. The molecule has 0 amide bonds. The van der Waals surface area contributed by atoms with Crippen LogP contribution in [0.3, 0.4) is 0 Å². The minimum absolute atomic E-state index is 0.0377. The molecule has 10 nitrogen and oxygen atoms in total. The highest BCUT2D eigenvalue weighted by atomic mass is 16.5. The van der Waals surface area contributed by atoms with Gasteiger partial charge in [-0.15, -0.1) is 0 Å². The Hall–Kier alpha value is -4.28. The number of hydrogen-bond acceptors (Lipinski definition) is 9. The first kappa shape index (κ1) is 41.1. The van der Waals surface area contributed by atoms with Gasteiger partial charge in [0.2, 0.25) is 0 Å². The average Bonchev–Trinajstić information content (AvgIpc) is 4.21. The Kier molecular flexibility index (Phi) is 12.3. The molecule has 320 valence electrons. The van der Waals surface area contributed by atoms with E-state index in [1.165, 1.54) is 77.0 Å². The summed E-state index contributed by atoms with van der Waals surface area (Å²) in [7, 11) is 0. The third kappa shape index (κ3) is 10.2. The second-order valence-corrected chi connectivity index (χ2v) is 19.1. The topological polar surface area (TPSA) is 114 Å². The van der Waals surface area contributed by atoms with E-state index in [1.54, 1.807) is 0 Å². The van der Waals surface area contributed by atoms with Crippen molar-refractivity contribution >= 4 is 33.7 Å². The monoisotopic (exact) mass is 816 g/mol. The Labute approximate surface area is 355 Å². The van der Waals surface area contributed by atoms with Crippen LogP contribution in [0.4, 0.5) is 0 Å². The minimum Gasteiger partial charge on any atom is -0.490 e. The van der Waals surface area contributed by atoms with Gasteiger partial charge in [0.15, 0.2) is 0 Å². The summed E-state index contributed by atoms with van der Waals surface area (Å²) in [5, 5.41) is 11.4. The highest BCUT2D eigenvalue weighted by Crippen LogP contribution is 2.57. The highest BCUT2D eigenvalue weighted by Gasteiger charge is 2.46. The molecule has 2 spiro atoms. The predicted molar refractivity (Wildman–Crippen MR) is 233 cm³/mol. The number of esters is 1. The molecule has 10 heteroatoms. The van der Waals surface area contributed by atoms with Crippen molar-refractivity contribution in [1.29, 1.82) is 0 Å². The van der Waals surface area contributed by atoms with Crippen LogP contribution in [0.1, 0.15) is 121 Å². The standard InChI is InChI=1S/C26H34N2O3.C24H30N2O3/c1-2-30-25(29)19-9-15-28(16-10-19)18-21-4-3-20-17-23(5-6-24(20)27-21)31-22-7-11-26(12-8-22)13-14-26;27-23(28)17-7-13-26(14-8-17)16-19-2-1-18-15-21(3-4-22(18)25-19)29-20-5-9-24(10-6-20)11-12-24/h3-6,17,19,22H,2,7-16,18H2,1H3;1-4,15,17,20H,5-14,16H2,(H,27,28). The number of nitrogens with zero attached hydrogens (tertiary/aromatic N) is 4. The lowest BCUT2D eigenvalue weighted by Gasteiger charge is -2.30. The number of piperidine rings is 2. The maximum Gasteiger partial charge on any atom is 0.309 e. The van der Waals surface area contributed by atoms with Crippen LogP contribution in [-0.2, 0) is 27.4 Å². The number of carbonyl (C=O) groups excluding carboxylic acids is 1. The Balaban J connectivity index is 0.000000154. The van der Waals surface area contributed by atoms with E-state index in [1.807, 2.05) is 6.92 Å². The van der Waals surface area contributed by atoms with Gasteiger partial charge < -0.3 is 19.3 Å². The number of pyridine rings is 2. The zero-order valence-corrected chi connectivity index (χ0v) is 35.6. The van der Waals surface area contributed by atoms with Gasteiger partial charge in [-0.2, -0.15) is 0 Å². The van der Waals surface area contributed by atoms with E-state index in [0.29, 0.717) is 29.6 Å². The second-order valence-electron chi connectivity index (χ2n) is 19.1. The number of carboxylic acids is 1. The lowest BCUT2D eigenvalue weighted by molar-refractivity contribution is -0.149. The molecule has 2 aromatic carbocycles. The molecule has 60 heavy (non-hydrogen) atoms. The van der Waals surface area contributed by atoms with Gasteiger partial charge >= 0.3 is 11.9 Å². The Morgan fingerprint density at radius 3 is 1.43 bits per heavy atom. The average molecular weight is 817 g/mol. The largest absolute Gasteiger partial charge is 0.490 e. The first-order valence-corrected chi connectivity index (χ1v) is 23.2. The number of aliphatic carboxylic acids is 1. The van der Waals surface area contributed by atoms with Gasteiger partial charge in [-0.1, -0.05) is 12.1 Å². The fraction of sp³-hybridized carbons (Fsp3) is 0.600. The molecule has 4 heterocycles. The third-order valence-electron chi connectivity index (χ3n) is 14.9. The number of aromatic nitrogens is 2. The molecule has 4 saturated carbocycles. The van der Waals surface area contributed by atoms with Gasteiger partial charge in [-0.05, 0) is 195 Å². The van der Waals surface area contributed by atoms with Crippen molar-refractivity contribution in [1.82, 2.24) is 19.8 Å². The van der Waals surface area contributed by atoms with E-state index in [2.05, 4.69) is 70.5 Å². The zero-order chi connectivity index (χ0) is 41.1. The highest BCUT2D eigenvalue weighted by molar-refractivity contribution is 5.81. The van der Waals surface area contributed by atoms with Gasteiger partial charge in [0.1, 0.15) is 11.5 Å².